The van der Waals surface area contributed by atoms with Crippen molar-refractivity contribution in [1.82, 2.24) is 10.3 Å². The van der Waals surface area contributed by atoms with Gasteiger partial charge in [0.2, 0.25) is 0 Å². The number of amides is 1. The Morgan fingerprint density at radius 1 is 1.03 bits per heavy atom. The van der Waals surface area contributed by atoms with Gasteiger partial charge in [-0.1, -0.05) is 67.6 Å². The zero-order valence-corrected chi connectivity index (χ0v) is 17.5. The van der Waals surface area contributed by atoms with Crippen LogP contribution in [0.3, 0.4) is 0 Å². The summed E-state index contributed by atoms with van der Waals surface area (Å²) in [6.07, 6.45) is -0.882. The molecule has 0 aliphatic heterocycles. The number of carbonyl (C=O) groups is 2. The Labute approximate surface area is 174 Å². The van der Waals surface area contributed by atoms with Gasteiger partial charge >= 0.3 is 5.97 Å². The van der Waals surface area contributed by atoms with Gasteiger partial charge in [-0.15, -0.1) is 11.3 Å². The summed E-state index contributed by atoms with van der Waals surface area (Å²) in [5.74, 6) is -0.673. The maximum absolute atomic E-state index is 12.6. The van der Waals surface area contributed by atoms with E-state index in [2.05, 4.69) is 10.3 Å². The molecule has 0 saturated heterocycles. The molecule has 0 radical (unpaired) electrons. The van der Waals surface area contributed by atoms with Gasteiger partial charge in [-0.3, -0.25) is 4.79 Å². The van der Waals surface area contributed by atoms with Crippen LogP contribution in [0.15, 0.2) is 60.7 Å². The van der Waals surface area contributed by atoms with Crippen molar-refractivity contribution in [3.8, 4) is 10.6 Å². The van der Waals surface area contributed by atoms with E-state index in [0.29, 0.717) is 17.1 Å². The number of ether oxygens (including phenoxy) is 1. The highest BCUT2D eigenvalue weighted by Crippen LogP contribution is 2.28. The minimum absolute atomic E-state index is 0.167. The zero-order valence-electron chi connectivity index (χ0n) is 16.7. The van der Waals surface area contributed by atoms with Crippen molar-refractivity contribution in [2.45, 2.75) is 32.8 Å². The van der Waals surface area contributed by atoms with Crippen molar-refractivity contribution < 1.29 is 14.3 Å². The molecule has 1 aromatic heterocycles. The molecule has 1 amide bonds. The molecule has 1 N–H and O–H groups in total. The van der Waals surface area contributed by atoms with Crippen LogP contribution in [0.2, 0.25) is 0 Å². The third-order valence-corrected chi connectivity index (χ3v) is 5.79. The van der Waals surface area contributed by atoms with E-state index < -0.39 is 12.1 Å². The van der Waals surface area contributed by atoms with Crippen LogP contribution in [0, 0.1) is 6.92 Å². The number of nitrogens with zero attached hydrogens (tertiary/aromatic N) is 1. The lowest BCUT2D eigenvalue weighted by molar-refractivity contribution is -0.129. The highest BCUT2D eigenvalue weighted by Gasteiger charge is 2.23. The maximum atomic E-state index is 12.6. The summed E-state index contributed by atoms with van der Waals surface area (Å²) in [6, 6.07) is 19.6. The van der Waals surface area contributed by atoms with E-state index in [1.807, 2.05) is 67.6 Å². The van der Waals surface area contributed by atoms with Crippen LogP contribution in [0.1, 0.15) is 40.7 Å². The molecule has 0 bridgehead atoms. The van der Waals surface area contributed by atoms with Crippen molar-refractivity contribution in [1.29, 1.82) is 0 Å². The lowest BCUT2D eigenvalue weighted by Crippen LogP contribution is -2.37. The van der Waals surface area contributed by atoms with Crippen molar-refractivity contribution >= 4 is 23.2 Å². The Morgan fingerprint density at radius 3 is 2.31 bits per heavy atom. The SMILES string of the molecule is Cc1nc(-c2ccccc2)sc1C(=O)O[C@@H](C)C(=O)NC[C@H](C)c1ccccc1. The largest absolute Gasteiger partial charge is 0.448 e. The molecular formula is C23H24N2O3S. The second kappa shape index (κ2) is 9.47. The number of hydrogen-bond acceptors (Lipinski definition) is 5. The van der Waals surface area contributed by atoms with Crippen LogP contribution in [0.4, 0.5) is 0 Å². The van der Waals surface area contributed by atoms with E-state index in [1.165, 1.54) is 11.3 Å². The third kappa shape index (κ3) is 5.29. The maximum Gasteiger partial charge on any atom is 0.351 e. The molecule has 29 heavy (non-hydrogen) atoms. The molecule has 0 aliphatic rings. The molecule has 3 rings (SSSR count). The summed E-state index contributed by atoms with van der Waals surface area (Å²) in [6.45, 7) is 5.86. The Kier molecular flexibility index (Phi) is 6.77. The summed E-state index contributed by atoms with van der Waals surface area (Å²) in [5.41, 5.74) is 2.69. The van der Waals surface area contributed by atoms with Crippen molar-refractivity contribution in [2.24, 2.45) is 0 Å². The molecule has 0 spiro atoms. The lowest BCUT2D eigenvalue weighted by atomic mass is 10.0. The molecule has 0 aliphatic carbocycles. The van der Waals surface area contributed by atoms with Crippen LogP contribution in [0.25, 0.3) is 10.6 Å². The molecule has 3 aromatic rings. The Balaban J connectivity index is 1.57. The van der Waals surface area contributed by atoms with Gasteiger partial charge in [0.05, 0.1) is 5.69 Å². The number of hydrogen-bond donors (Lipinski definition) is 1. The summed E-state index contributed by atoms with van der Waals surface area (Å²) in [5, 5.41) is 3.61. The van der Waals surface area contributed by atoms with E-state index >= 15 is 0 Å². The summed E-state index contributed by atoms with van der Waals surface area (Å²) >= 11 is 1.27. The fourth-order valence-corrected chi connectivity index (χ4v) is 3.81. The summed E-state index contributed by atoms with van der Waals surface area (Å²) in [7, 11) is 0. The fourth-order valence-electron chi connectivity index (χ4n) is 2.85. The van der Waals surface area contributed by atoms with Crippen molar-refractivity contribution in [3.05, 3.63) is 76.8 Å². The molecule has 0 fully saturated rings. The second-order valence-corrected chi connectivity index (χ2v) is 7.90. The number of nitrogens with one attached hydrogen (secondary N) is 1. The molecule has 0 saturated carbocycles. The van der Waals surface area contributed by atoms with Gasteiger partial charge in [-0.2, -0.15) is 0 Å². The molecule has 1 heterocycles. The van der Waals surface area contributed by atoms with Crippen molar-refractivity contribution in [3.63, 3.8) is 0 Å². The number of aromatic nitrogens is 1. The predicted octanol–water partition coefficient (Wildman–Crippen LogP) is 4.58. The van der Waals surface area contributed by atoms with E-state index in [9.17, 15) is 9.59 Å². The Hall–Kier alpha value is -2.99. The van der Waals surface area contributed by atoms with E-state index in [0.717, 1.165) is 16.1 Å². The number of thiazole rings is 1. The van der Waals surface area contributed by atoms with Crippen LogP contribution >= 0.6 is 11.3 Å². The van der Waals surface area contributed by atoms with Gasteiger partial charge in [0.15, 0.2) is 6.10 Å². The fraction of sp³-hybridized carbons (Fsp3) is 0.261. The quantitative estimate of drug-likeness (QED) is 0.581. The van der Waals surface area contributed by atoms with E-state index in [-0.39, 0.29) is 11.8 Å². The third-order valence-electron chi connectivity index (χ3n) is 4.61. The Morgan fingerprint density at radius 2 is 1.66 bits per heavy atom. The highest BCUT2D eigenvalue weighted by atomic mass is 32.1. The average molecular weight is 409 g/mol. The minimum Gasteiger partial charge on any atom is -0.448 e. The summed E-state index contributed by atoms with van der Waals surface area (Å²) in [4.78, 5) is 29.8. The molecule has 5 nitrogen and oxygen atoms in total. The molecule has 6 heteroatoms. The van der Waals surface area contributed by atoms with Crippen LogP contribution in [0.5, 0.6) is 0 Å². The normalized spacial score (nSPS) is 12.8. The number of benzene rings is 2. The van der Waals surface area contributed by atoms with Gasteiger partial charge in [-0.25, -0.2) is 9.78 Å². The monoisotopic (exact) mass is 408 g/mol. The smallest absolute Gasteiger partial charge is 0.351 e. The van der Waals surface area contributed by atoms with E-state index in [4.69, 9.17) is 4.74 Å². The molecule has 2 aromatic carbocycles. The standard InChI is InChI=1S/C23H24N2O3S/c1-15(18-10-6-4-7-11-18)14-24-21(26)17(3)28-23(27)20-16(2)25-22(29-20)19-12-8-5-9-13-19/h4-13,15,17H,14H2,1-3H3,(H,24,26)/t15-,17-/m0/s1. The van der Waals surface area contributed by atoms with Crippen LogP contribution < -0.4 is 5.32 Å². The molecule has 0 unspecified atom stereocenters. The lowest BCUT2D eigenvalue weighted by Gasteiger charge is -2.16. The second-order valence-electron chi connectivity index (χ2n) is 6.90. The van der Waals surface area contributed by atoms with Crippen LogP contribution in [-0.4, -0.2) is 29.5 Å². The average Bonchev–Trinajstić information content (AvgIpc) is 3.14. The minimum atomic E-state index is -0.882. The Bertz CT molecular complexity index is 970. The zero-order chi connectivity index (χ0) is 20.8. The number of rotatable bonds is 7. The van der Waals surface area contributed by atoms with Gasteiger partial charge in [-0.05, 0) is 25.3 Å². The topological polar surface area (TPSA) is 68.3 Å². The summed E-state index contributed by atoms with van der Waals surface area (Å²) < 4.78 is 5.39. The number of esters is 1. The van der Waals surface area contributed by atoms with Gasteiger partial charge < -0.3 is 10.1 Å². The molecule has 150 valence electrons. The van der Waals surface area contributed by atoms with Gasteiger partial charge in [0, 0.05) is 12.1 Å². The van der Waals surface area contributed by atoms with Crippen LogP contribution in [-0.2, 0) is 9.53 Å². The number of carbonyl (C=O) groups excluding carboxylic acids is 2. The highest BCUT2D eigenvalue weighted by molar-refractivity contribution is 7.17. The van der Waals surface area contributed by atoms with E-state index in [1.54, 1.807) is 13.8 Å². The first-order chi connectivity index (χ1) is 14.0. The first-order valence-electron chi connectivity index (χ1n) is 9.52. The van der Waals surface area contributed by atoms with Crippen molar-refractivity contribution in [2.75, 3.05) is 6.54 Å². The van der Waals surface area contributed by atoms with Gasteiger partial charge in [0.1, 0.15) is 9.88 Å². The first kappa shape index (κ1) is 20.7. The first-order valence-corrected chi connectivity index (χ1v) is 10.3. The number of aryl methyl sites for hydroxylation is 1. The predicted molar refractivity (Wildman–Crippen MR) is 115 cm³/mol. The van der Waals surface area contributed by atoms with Gasteiger partial charge in [0.25, 0.3) is 5.91 Å². The molecular weight excluding hydrogens is 384 g/mol. The molecule has 2 atom stereocenters.